The molecule has 1 aliphatic rings. The van der Waals surface area contributed by atoms with Gasteiger partial charge in [0.1, 0.15) is 0 Å². The maximum atomic E-state index is 12.5. The lowest BCUT2D eigenvalue weighted by molar-refractivity contribution is -0.167. The van der Waals surface area contributed by atoms with E-state index in [0.29, 0.717) is 6.42 Å². The van der Waals surface area contributed by atoms with E-state index >= 15 is 0 Å². The summed E-state index contributed by atoms with van der Waals surface area (Å²) in [6.07, 6.45) is 0.827. The maximum Gasteiger partial charge on any atom is 0.282 e. The topological polar surface area (TPSA) is 89.4 Å². The van der Waals surface area contributed by atoms with Crippen LogP contribution in [0.25, 0.3) is 0 Å². The Morgan fingerprint density at radius 1 is 1.38 bits per heavy atom. The molecule has 0 aliphatic carbocycles. The van der Waals surface area contributed by atoms with Gasteiger partial charge in [-0.05, 0) is 12.8 Å². The van der Waals surface area contributed by atoms with Crippen molar-refractivity contribution in [3.63, 3.8) is 0 Å². The minimum absolute atomic E-state index is 0.150. The average molecular weight is 235 g/mol. The van der Waals surface area contributed by atoms with Gasteiger partial charge in [-0.25, -0.2) is 8.78 Å². The third kappa shape index (κ3) is 3.41. The SMILES string of the molecule is NC(=O)CCCC(N)C(=O)N1CC(F)(F)C1. The van der Waals surface area contributed by atoms with Crippen molar-refractivity contribution < 1.29 is 18.4 Å². The zero-order chi connectivity index (χ0) is 12.3. The Bertz CT molecular complexity index is 288. The number of rotatable bonds is 5. The number of amides is 2. The molecule has 7 heteroatoms. The smallest absolute Gasteiger partial charge is 0.282 e. The Balaban J connectivity index is 2.24. The minimum Gasteiger partial charge on any atom is -0.370 e. The lowest BCUT2D eigenvalue weighted by Gasteiger charge is -2.39. The Morgan fingerprint density at radius 2 is 1.94 bits per heavy atom. The van der Waals surface area contributed by atoms with Crippen molar-refractivity contribution in [3.05, 3.63) is 0 Å². The summed E-state index contributed by atoms with van der Waals surface area (Å²) in [6.45, 7) is -1.12. The number of alkyl halides is 2. The molecule has 92 valence electrons. The fourth-order valence-electron chi connectivity index (χ4n) is 1.52. The van der Waals surface area contributed by atoms with Gasteiger partial charge in [0, 0.05) is 6.42 Å². The zero-order valence-electron chi connectivity index (χ0n) is 8.79. The van der Waals surface area contributed by atoms with Crippen LogP contribution in [-0.4, -0.2) is 41.8 Å². The van der Waals surface area contributed by atoms with Crippen LogP contribution in [0.2, 0.25) is 0 Å². The largest absolute Gasteiger partial charge is 0.370 e. The highest BCUT2D eigenvalue weighted by Crippen LogP contribution is 2.27. The van der Waals surface area contributed by atoms with Crippen molar-refractivity contribution in [2.24, 2.45) is 11.5 Å². The first-order valence-electron chi connectivity index (χ1n) is 5.02. The fourth-order valence-corrected chi connectivity index (χ4v) is 1.52. The van der Waals surface area contributed by atoms with Crippen molar-refractivity contribution in [2.75, 3.05) is 13.1 Å². The minimum atomic E-state index is -2.78. The van der Waals surface area contributed by atoms with Gasteiger partial charge in [0.25, 0.3) is 5.92 Å². The number of hydrogen-bond acceptors (Lipinski definition) is 3. The van der Waals surface area contributed by atoms with E-state index in [4.69, 9.17) is 11.5 Å². The monoisotopic (exact) mass is 235 g/mol. The first kappa shape index (κ1) is 12.8. The second-order valence-electron chi connectivity index (χ2n) is 4.02. The lowest BCUT2D eigenvalue weighted by atomic mass is 10.1. The number of carbonyl (C=O) groups is 2. The van der Waals surface area contributed by atoms with Gasteiger partial charge in [0.05, 0.1) is 19.1 Å². The number of hydrogen-bond donors (Lipinski definition) is 2. The maximum absolute atomic E-state index is 12.5. The van der Waals surface area contributed by atoms with Gasteiger partial charge >= 0.3 is 0 Å². The fraction of sp³-hybridized carbons (Fsp3) is 0.778. The molecular weight excluding hydrogens is 220 g/mol. The van der Waals surface area contributed by atoms with E-state index in [1.807, 2.05) is 0 Å². The molecule has 1 rings (SSSR count). The molecule has 1 atom stereocenters. The van der Waals surface area contributed by atoms with Gasteiger partial charge in [-0.2, -0.15) is 0 Å². The van der Waals surface area contributed by atoms with Crippen LogP contribution >= 0.6 is 0 Å². The second-order valence-corrected chi connectivity index (χ2v) is 4.02. The first-order valence-corrected chi connectivity index (χ1v) is 5.02. The molecule has 1 saturated heterocycles. The van der Waals surface area contributed by atoms with E-state index in [0.717, 1.165) is 4.90 Å². The molecule has 2 amide bonds. The van der Waals surface area contributed by atoms with Crippen LogP contribution < -0.4 is 11.5 Å². The summed E-state index contributed by atoms with van der Waals surface area (Å²) in [4.78, 5) is 22.9. The van der Waals surface area contributed by atoms with Crippen LogP contribution in [0.4, 0.5) is 8.78 Å². The van der Waals surface area contributed by atoms with E-state index in [2.05, 4.69) is 0 Å². The quantitative estimate of drug-likeness (QED) is 0.669. The van der Waals surface area contributed by atoms with Crippen molar-refractivity contribution in [1.82, 2.24) is 4.90 Å². The predicted molar refractivity (Wildman–Crippen MR) is 52.5 cm³/mol. The number of halogens is 2. The Hall–Kier alpha value is -1.24. The second kappa shape index (κ2) is 4.73. The summed E-state index contributed by atoms with van der Waals surface area (Å²) in [5.41, 5.74) is 10.4. The van der Waals surface area contributed by atoms with Gasteiger partial charge in [-0.15, -0.1) is 0 Å². The molecule has 1 unspecified atom stereocenters. The van der Waals surface area contributed by atoms with Gasteiger partial charge in [0.2, 0.25) is 11.8 Å². The summed E-state index contributed by atoms with van der Waals surface area (Å²) in [7, 11) is 0. The molecule has 1 heterocycles. The molecule has 5 nitrogen and oxygen atoms in total. The highest BCUT2D eigenvalue weighted by molar-refractivity contribution is 5.82. The molecule has 0 spiro atoms. The van der Waals surface area contributed by atoms with E-state index in [9.17, 15) is 18.4 Å². The van der Waals surface area contributed by atoms with Gasteiger partial charge in [-0.1, -0.05) is 0 Å². The molecule has 1 fully saturated rings. The average Bonchev–Trinajstić information content (AvgIpc) is 2.12. The lowest BCUT2D eigenvalue weighted by Crippen LogP contribution is -2.61. The Kier molecular flexibility index (Phi) is 3.79. The number of primary amides is 1. The van der Waals surface area contributed by atoms with Crippen LogP contribution in [0, 0.1) is 0 Å². The van der Waals surface area contributed by atoms with Crippen LogP contribution in [0.5, 0.6) is 0 Å². The third-order valence-corrected chi connectivity index (χ3v) is 2.41. The number of nitrogens with zero attached hydrogens (tertiary/aromatic N) is 1. The summed E-state index contributed by atoms with van der Waals surface area (Å²) in [5, 5.41) is 0. The molecule has 0 aromatic carbocycles. The van der Waals surface area contributed by atoms with Crippen LogP contribution in [0.1, 0.15) is 19.3 Å². The predicted octanol–water partition coefficient (Wildman–Crippen LogP) is -0.553. The molecular formula is C9H15F2N3O2. The number of carbonyl (C=O) groups excluding carboxylic acids is 2. The molecule has 16 heavy (non-hydrogen) atoms. The van der Waals surface area contributed by atoms with E-state index in [1.54, 1.807) is 0 Å². The van der Waals surface area contributed by atoms with Crippen LogP contribution in [0.15, 0.2) is 0 Å². The van der Waals surface area contributed by atoms with E-state index in [-0.39, 0.29) is 12.8 Å². The van der Waals surface area contributed by atoms with Crippen LogP contribution in [-0.2, 0) is 9.59 Å². The number of likely N-dealkylation sites (tertiary alicyclic amines) is 1. The van der Waals surface area contributed by atoms with Crippen molar-refractivity contribution >= 4 is 11.8 Å². The van der Waals surface area contributed by atoms with Crippen LogP contribution in [0.3, 0.4) is 0 Å². The molecule has 0 saturated carbocycles. The normalized spacial score (nSPS) is 20.1. The highest BCUT2D eigenvalue weighted by Gasteiger charge is 2.46. The Morgan fingerprint density at radius 3 is 2.38 bits per heavy atom. The molecule has 0 radical (unpaired) electrons. The van der Waals surface area contributed by atoms with Gasteiger partial charge < -0.3 is 16.4 Å². The van der Waals surface area contributed by atoms with Gasteiger partial charge in [0.15, 0.2) is 0 Å². The molecule has 0 aromatic rings. The third-order valence-electron chi connectivity index (χ3n) is 2.41. The summed E-state index contributed by atoms with van der Waals surface area (Å²) in [6, 6.07) is -0.824. The summed E-state index contributed by atoms with van der Waals surface area (Å²) in [5.74, 6) is -3.73. The summed E-state index contributed by atoms with van der Waals surface area (Å²) < 4.78 is 24.9. The molecule has 0 aromatic heterocycles. The summed E-state index contributed by atoms with van der Waals surface area (Å²) >= 11 is 0. The van der Waals surface area contributed by atoms with Crippen molar-refractivity contribution in [2.45, 2.75) is 31.2 Å². The van der Waals surface area contributed by atoms with E-state index < -0.39 is 36.9 Å². The molecule has 4 N–H and O–H groups in total. The molecule has 0 bridgehead atoms. The van der Waals surface area contributed by atoms with E-state index in [1.165, 1.54) is 0 Å². The van der Waals surface area contributed by atoms with Crippen molar-refractivity contribution in [3.8, 4) is 0 Å². The van der Waals surface area contributed by atoms with Gasteiger partial charge in [-0.3, -0.25) is 9.59 Å². The highest BCUT2D eigenvalue weighted by atomic mass is 19.3. The number of nitrogens with two attached hydrogens (primary N) is 2. The van der Waals surface area contributed by atoms with Crippen molar-refractivity contribution in [1.29, 1.82) is 0 Å². The zero-order valence-corrected chi connectivity index (χ0v) is 8.79. The standard InChI is InChI=1S/C9H15F2N3O2/c10-9(11)4-14(5-9)8(16)6(12)2-1-3-7(13)15/h6H,1-5,12H2,(H2,13,15). The first-order chi connectivity index (χ1) is 7.32. The Labute approximate surface area is 91.7 Å². The molecule has 1 aliphatic heterocycles.